The average molecular weight is 309 g/mol. The van der Waals surface area contributed by atoms with Gasteiger partial charge in [0.1, 0.15) is 0 Å². The number of urea groups is 1. The maximum Gasteiger partial charge on any atom is 0.324 e. The summed E-state index contributed by atoms with van der Waals surface area (Å²) in [5.74, 6) is -0.0646. The lowest BCUT2D eigenvalue weighted by molar-refractivity contribution is -0.131. The van der Waals surface area contributed by atoms with Crippen molar-refractivity contribution in [1.82, 2.24) is 15.1 Å². The van der Waals surface area contributed by atoms with Crippen LogP contribution in [0.25, 0.3) is 0 Å². The van der Waals surface area contributed by atoms with Gasteiger partial charge in [-0.05, 0) is 39.8 Å². The van der Waals surface area contributed by atoms with E-state index in [1.165, 1.54) is 30.6 Å². The Labute approximate surface area is 134 Å². The van der Waals surface area contributed by atoms with E-state index < -0.39 is 0 Å². The van der Waals surface area contributed by atoms with Crippen LogP contribution in [0.5, 0.6) is 0 Å². The molecule has 2 saturated carbocycles. The van der Waals surface area contributed by atoms with Crippen LogP contribution in [0.4, 0.5) is 4.79 Å². The molecule has 0 unspecified atom stereocenters. The van der Waals surface area contributed by atoms with Crippen molar-refractivity contribution >= 4 is 11.9 Å². The molecular weight excluding hydrogens is 278 g/mol. The third kappa shape index (κ3) is 4.97. The number of hydrogen-bond acceptors (Lipinski definition) is 3. The molecule has 0 aromatic carbocycles. The summed E-state index contributed by atoms with van der Waals surface area (Å²) in [6.45, 7) is 0.300. The third-order valence-electron chi connectivity index (χ3n) is 4.81. The molecule has 0 bridgehead atoms. The molecule has 0 radical (unpaired) electrons. The summed E-state index contributed by atoms with van der Waals surface area (Å²) in [6, 6.07) is 0.176. The van der Waals surface area contributed by atoms with Gasteiger partial charge in [-0.15, -0.1) is 0 Å². The number of nitrogens with zero attached hydrogens (tertiary/aromatic N) is 2. The van der Waals surface area contributed by atoms with Gasteiger partial charge >= 0.3 is 6.03 Å². The Morgan fingerprint density at radius 3 is 2.00 bits per heavy atom. The van der Waals surface area contributed by atoms with Gasteiger partial charge in [0, 0.05) is 12.1 Å². The summed E-state index contributed by atoms with van der Waals surface area (Å²) in [4.78, 5) is 28.6. The molecule has 1 N–H and O–H groups in total. The zero-order chi connectivity index (χ0) is 15.9. The molecule has 5 nitrogen and oxygen atoms in total. The molecule has 22 heavy (non-hydrogen) atoms. The predicted molar refractivity (Wildman–Crippen MR) is 87.7 cm³/mol. The fourth-order valence-electron chi connectivity index (χ4n) is 3.66. The van der Waals surface area contributed by atoms with Crippen molar-refractivity contribution in [3.8, 4) is 0 Å². The molecule has 0 spiro atoms. The lowest BCUT2D eigenvalue weighted by Gasteiger charge is -2.35. The fourth-order valence-corrected chi connectivity index (χ4v) is 3.66. The summed E-state index contributed by atoms with van der Waals surface area (Å²) in [5, 5.41) is 3.12. The highest BCUT2D eigenvalue weighted by Crippen LogP contribution is 2.24. The first-order valence-corrected chi connectivity index (χ1v) is 8.85. The maximum atomic E-state index is 12.7. The van der Waals surface area contributed by atoms with Crippen LogP contribution in [-0.2, 0) is 4.79 Å². The van der Waals surface area contributed by atoms with Crippen LogP contribution in [0.3, 0.4) is 0 Å². The van der Waals surface area contributed by atoms with E-state index in [2.05, 4.69) is 5.32 Å². The Bertz CT molecular complexity index is 372. The van der Waals surface area contributed by atoms with Crippen molar-refractivity contribution in [3.05, 3.63) is 0 Å². The molecule has 0 aliphatic heterocycles. The van der Waals surface area contributed by atoms with E-state index in [0.29, 0.717) is 6.54 Å². The second kappa shape index (κ2) is 8.51. The Morgan fingerprint density at radius 1 is 0.909 bits per heavy atom. The molecule has 0 heterocycles. The molecule has 2 aliphatic carbocycles. The van der Waals surface area contributed by atoms with Crippen LogP contribution < -0.4 is 5.32 Å². The molecule has 126 valence electrons. The van der Waals surface area contributed by atoms with E-state index in [9.17, 15) is 9.59 Å². The largest absolute Gasteiger partial charge is 0.335 e. The molecule has 3 amide bonds. The quantitative estimate of drug-likeness (QED) is 0.869. The number of carbonyl (C=O) groups excluding carboxylic acids is 2. The molecule has 0 aromatic rings. The van der Waals surface area contributed by atoms with E-state index in [4.69, 9.17) is 0 Å². The SMILES string of the molecule is CN(C)CC(=O)N(C(=O)NC1CCCCC1)C1CCCCC1. The minimum Gasteiger partial charge on any atom is -0.335 e. The number of amides is 3. The predicted octanol–water partition coefficient (Wildman–Crippen LogP) is 2.75. The molecule has 0 saturated heterocycles. The van der Waals surface area contributed by atoms with Gasteiger partial charge in [0.05, 0.1) is 6.54 Å². The summed E-state index contributed by atoms with van der Waals surface area (Å²) < 4.78 is 0. The number of hydrogen-bond donors (Lipinski definition) is 1. The third-order valence-corrected chi connectivity index (χ3v) is 4.81. The molecule has 5 heteroatoms. The standard InChI is InChI=1S/C17H31N3O2/c1-19(2)13-16(21)20(15-11-7-4-8-12-15)17(22)18-14-9-5-3-6-10-14/h14-15H,3-13H2,1-2H3,(H,18,22). The highest BCUT2D eigenvalue weighted by Gasteiger charge is 2.32. The Balaban J connectivity index is 2.00. The maximum absolute atomic E-state index is 12.7. The first-order valence-electron chi connectivity index (χ1n) is 8.85. The number of rotatable bonds is 4. The van der Waals surface area contributed by atoms with Crippen molar-refractivity contribution in [2.24, 2.45) is 0 Å². The Hall–Kier alpha value is -1.10. The molecule has 0 atom stereocenters. The van der Waals surface area contributed by atoms with Gasteiger partial charge in [-0.1, -0.05) is 38.5 Å². The number of carbonyl (C=O) groups is 2. The second-order valence-electron chi connectivity index (χ2n) is 7.08. The van der Waals surface area contributed by atoms with Crippen LogP contribution in [-0.4, -0.2) is 54.5 Å². The molecule has 2 aliphatic rings. The smallest absolute Gasteiger partial charge is 0.324 e. The number of imide groups is 1. The summed E-state index contributed by atoms with van der Waals surface area (Å²) in [6.07, 6.45) is 11.1. The fraction of sp³-hybridized carbons (Fsp3) is 0.882. The van der Waals surface area contributed by atoms with Crippen LogP contribution in [0.15, 0.2) is 0 Å². The van der Waals surface area contributed by atoms with Crippen molar-refractivity contribution in [2.45, 2.75) is 76.3 Å². The molecule has 0 aromatic heterocycles. The van der Waals surface area contributed by atoms with Gasteiger partial charge < -0.3 is 10.2 Å². The lowest BCUT2D eigenvalue weighted by atomic mass is 9.93. The van der Waals surface area contributed by atoms with E-state index in [-0.39, 0.29) is 24.0 Å². The summed E-state index contributed by atoms with van der Waals surface area (Å²) in [7, 11) is 3.74. The topological polar surface area (TPSA) is 52.7 Å². The number of nitrogens with one attached hydrogen (secondary N) is 1. The number of likely N-dealkylation sites (N-methyl/N-ethyl adjacent to an activating group) is 1. The Kier molecular flexibility index (Phi) is 6.68. The van der Waals surface area contributed by atoms with Crippen molar-refractivity contribution < 1.29 is 9.59 Å². The minimum absolute atomic E-state index is 0.0646. The first kappa shape index (κ1) is 17.3. The van der Waals surface area contributed by atoms with Crippen molar-refractivity contribution in [3.63, 3.8) is 0 Å². The van der Waals surface area contributed by atoms with Crippen molar-refractivity contribution in [2.75, 3.05) is 20.6 Å². The average Bonchev–Trinajstić information content (AvgIpc) is 2.48. The van der Waals surface area contributed by atoms with Gasteiger partial charge in [-0.2, -0.15) is 0 Å². The van der Waals surface area contributed by atoms with Gasteiger partial charge in [-0.25, -0.2) is 4.79 Å². The van der Waals surface area contributed by atoms with Gasteiger partial charge in [0.15, 0.2) is 0 Å². The highest BCUT2D eigenvalue weighted by atomic mass is 16.2. The van der Waals surface area contributed by atoms with E-state index in [0.717, 1.165) is 38.5 Å². The highest BCUT2D eigenvalue weighted by molar-refractivity contribution is 5.96. The zero-order valence-electron chi connectivity index (χ0n) is 14.1. The Morgan fingerprint density at radius 2 is 1.45 bits per heavy atom. The van der Waals surface area contributed by atoms with Gasteiger partial charge in [0.25, 0.3) is 0 Å². The van der Waals surface area contributed by atoms with Gasteiger partial charge in [0.2, 0.25) is 5.91 Å². The normalized spacial score (nSPS) is 20.9. The van der Waals surface area contributed by atoms with Crippen LogP contribution in [0.1, 0.15) is 64.2 Å². The van der Waals surface area contributed by atoms with E-state index in [1.807, 2.05) is 19.0 Å². The monoisotopic (exact) mass is 309 g/mol. The van der Waals surface area contributed by atoms with E-state index in [1.54, 1.807) is 0 Å². The molecule has 2 rings (SSSR count). The van der Waals surface area contributed by atoms with Crippen LogP contribution in [0.2, 0.25) is 0 Å². The van der Waals surface area contributed by atoms with Gasteiger partial charge in [-0.3, -0.25) is 9.69 Å². The van der Waals surface area contributed by atoms with Crippen LogP contribution in [0, 0.1) is 0 Å². The second-order valence-corrected chi connectivity index (χ2v) is 7.08. The molecule has 2 fully saturated rings. The molecular formula is C17H31N3O2. The lowest BCUT2D eigenvalue weighted by Crippen LogP contribution is -2.54. The van der Waals surface area contributed by atoms with E-state index >= 15 is 0 Å². The minimum atomic E-state index is -0.161. The summed E-state index contributed by atoms with van der Waals surface area (Å²) >= 11 is 0. The van der Waals surface area contributed by atoms with Crippen LogP contribution >= 0.6 is 0 Å². The first-order chi connectivity index (χ1) is 10.6. The zero-order valence-corrected chi connectivity index (χ0v) is 14.1. The van der Waals surface area contributed by atoms with Crippen molar-refractivity contribution in [1.29, 1.82) is 0 Å². The summed E-state index contributed by atoms with van der Waals surface area (Å²) in [5.41, 5.74) is 0.